The molecule has 9 heteroatoms. The molecule has 234 valence electrons. The number of rotatable bonds is 9. The van der Waals surface area contributed by atoms with Gasteiger partial charge in [0, 0.05) is 70.1 Å². The molecule has 3 aromatic carbocycles. The highest BCUT2D eigenvalue weighted by atomic mass is 16.7. The number of piperazine rings is 1. The summed E-state index contributed by atoms with van der Waals surface area (Å²) in [6, 6.07) is 26.3. The first-order valence-corrected chi connectivity index (χ1v) is 15.7. The highest BCUT2D eigenvalue weighted by Crippen LogP contribution is 2.42. The van der Waals surface area contributed by atoms with E-state index in [4.69, 9.17) is 9.47 Å². The fourth-order valence-electron chi connectivity index (χ4n) is 6.16. The quantitative estimate of drug-likeness (QED) is 0.278. The molecule has 0 unspecified atom stereocenters. The molecule has 1 amide bonds. The van der Waals surface area contributed by atoms with Gasteiger partial charge in [-0.25, -0.2) is 9.97 Å². The van der Waals surface area contributed by atoms with E-state index in [1.165, 1.54) is 6.92 Å². The Kier molecular flexibility index (Phi) is 9.81. The van der Waals surface area contributed by atoms with Gasteiger partial charge in [0.25, 0.3) is 0 Å². The molecule has 0 saturated carbocycles. The van der Waals surface area contributed by atoms with E-state index in [2.05, 4.69) is 74.5 Å². The average molecular weight is 608 g/mol. The minimum Gasteiger partial charge on any atom is -0.392 e. The molecule has 0 radical (unpaired) electrons. The minimum absolute atomic E-state index is 0.00993. The number of hydrogen-bond donors (Lipinski definition) is 2. The van der Waals surface area contributed by atoms with Crippen molar-refractivity contribution >= 4 is 11.9 Å². The van der Waals surface area contributed by atoms with Gasteiger partial charge in [0.05, 0.1) is 18.8 Å². The van der Waals surface area contributed by atoms with Gasteiger partial charge in [-0.2, -0.15) is 0 Å². The maximum Gasteiger partial charge on any atom is 0.225 e. The van der Waals surface area contributed by atoms with E-state index in [0.29, 0.717) is 6.54 Å². The molecule has 0 aliphatic carbocycles. The van der Waals surface area contributed by atoms with Crippen molar-refractivity contribution in [3.8, 4) is 11.1 Å². The highest BCUT2D eigenvalue weighted by Gasteiger charge is 2.39. The zero-order chi connectivity index (χ0) is 31.2. The molecule has 2 saturated heterocycles. The first-order valence-electron chi connectivity index (χ1n) is 15.7. The second-order valence-electron chi connectivity index (χ2n) is 11.8. The van der Waals surface area contributed by atoms with Gasteiger partial charge in [-0.15, -0.1) is 0 Å². The van der Waals surface area contributed by atoms with Crippen LogP contribution in [0.5, 0.6) is 0 Å². The van der Waals surface area contributed by atoms with Crippen LogP contribution in [0.4, 0.5) is 5.95 Å². The summed E-state index contributed by atoms with van der Waals surface area (Å²) in [5.74, 6) is 0.834. The van der Waals surface area contributed by atoms with Crippen molar-refractivity contribution in [1.82, 2.24) is 20.2 Å². The Morgan fingerprint density at radius 1 is 0.889 bits per heavy atom. The smallest absolute Gasteiger partial charge is 0.225 e. The molecule has 9 nitrogen and oxygen atoms in total. The summed E-state index contributed by atoms with van der Waals surface area (Å²) in [6.07, 6.45) is 2.83. The van der Waals surface area contributed by atoms with Crippen molar-refractivity contribution in [2.45, 2.75) is 45.5 Å². The van der Waals surface area contributed by atoms with Gasteiger partial charge in [-0.3, -0.25) is 9.69 Å². The van der Waals surface area contributed by atoms with Gasteiger partial charge in [0.2, 0.25) is 11.9 Å². The second kappa shape index (κ2) is 14.3. The molecular weight excluding hydrogens is 566 g/mol. The van der Waals surface area contributed by atoms with Crippen LogP contribution in [0, 0.1) is 5.92 Å². The second-order valence-corrected chi connectivity index (χ2v) is 11.8. The normalized spacial score (nSPS) is 22.2. The van der Waals surface area contributed by atoms with Crippen molar-refractivity contribution in [3.05, 3.63) is 114 Å². The molecule has 4 atom stereocenters. The Labute approximate surface area is 264 Å². The molecule has 2 fully saturated rings. The Hall–Kier alpha value is -4.15. The highest BCUT2D eigenvalue weighted by molar-refractivity contribution is 5.74. The number of carbonyl (C=O) groups is 1. The zero-order valence-electron chi connectivity index (χ0n) is 25.9. The van der Waals surface area contributed by atoms with Gasteiger partial charge >= 0.3 is 0 Å². The molecule has 45 heavy (non-hydrogen) atoms. The summed E-state index contributed by atoms with van der Waals surface area (Å²) < 4.78 is 13.4. The maximum atomic E-state index is 11.5. The third-order valence-electron chi connectivity index (χ3n) is 8.81. The molecule has 2 aliphatic heterocycles. The largest absolute Gasteiger partial charge is 0.392 e. The summed E-state index contributed by atoms with van der Waals surface area (Å²) in [4.78, 5) is 25.1. The van der Waals surface area contributed by atoms with Crippen LogP contribution in [0.15, 0.2) is 91.3 Å². The van der Waals surface area contributed by atoms with Crippen LogP contribution in [0.2, 0.25) is 0 Å². The summed E-state index contributed by atoms with van der Waals surface area (Å²) in [6.45, 7) is 8.55. The van der Waals surface area contributed by atoms with Crippen molar-refractivity contribution in [1.29, 1.82) is 0 Å². The fourth-order valence-corrected chi connectivity index (χ4v) is 6.16. The van der Waals surface area contributed by atoms with Crippen LogP contribution in [-0.2, 0) is 27.4 Å². The number of ether oxygens (including phenoxy) is 2. The van der Waals surface area contributed by atoms with Crippen LogP contribution in [0.25, 0.3) is 11.1 Å². The number of aromatic nitrogens is 2. The van der Waals surface area contributed by atoms with E-state index in [1.54, 1.807) is 12.4 Å². The number of amides is 1. The van der Waals surface area contributed by atoms with Crippen LogP contribution in [0.3, 0.4) is 0 Å². The predicted molar refractivity (Wildman–Crippen MR) is 173 cm³/mol. The number of aliphatic hydroxyl groups excluding tert-OH is 1. The zero-order valence-corrected chi connectivity index (χ0v) is 25.9. The summed E-state index contributed by atoms with van der Waals surface area (Å²) in [5.41, 5.74) is 6.12. The first kappa shape index (κ1) is 30.9. The first-order chi connectivity index (χ1) is 22.0. The Balaban J connectivity index is 1.20. The third kappa shape index (κ3) is 7.40. The number of carbonyl (C=O) groups excluding carboxylic acids is 1. The van der Waals surface area contributed by atoms with E-state index < -0.39 is 6.29 Å². The number of hydrogen-bond acceptors (Lipinski definition) is 8. The van der Waals surface area contributed by atoms with E-state index in [9.17, 15) is 9.90 Å². The molecule has 3 heterocycles. The summed E-state index contributed by atoms with van der Waals surface area (Å²) in [5, 5.41) is 12.5. The molecular formula is C36H41N5O4. The maximum absolute atomic E-state index is 11.5. The van der Waals surface area contributed by atoms with E-state index in [1.807, 2.05) is 36.4 Å². The number of nitrogens with one attached hydrogen (secondary N) is 1. The summed E-state index contributed by atoms with van der Waals surface area (Å²) >= 11 is 0. The molecule has 0 bridgehead atoms. The SMILES string of the molecule is CC(=O)NCc1ccccc1-c1ccc([C@H]2O[C@@H](CN3CCN(c4ncccn4)CC3)[C@@H](C)[C@@H](c3ccc(CO)cc3)O2)cc1. The van der Waals surface area contributed by atoms with Gasteiger partial charge in [0.1, 0.15) is 0 Å². The van der Waals surface area contributed by atoms with Crippen LogP contribution < -0.4 is 10.2 Å². The standard InChI is InChI=1S/C36H41N5O4/c1-25-33(23-40-18-20-41(21-19-40)36-37-16-5-17-38-36)44-35(45-34(25)29-10-8-27(24-42)9-11-29)30-14-12-28(13-15-30)32-7-4-3-6-31(32)22-39-26(2)43/h3-17,25,33-35,42H,18-24H2,1-2H3,(H,39,43)/t25-,33+,34+,35+/m1/s1. The van der Waals surface area contributed by atoms with Crippen LogP contribution in [-0.4, -0.2) is 64.7 Å². The Morgan fingerprint density at radius 3 is 2.27 bits per heavy atom. The van der Waals surface area contributed by atoms with Gasteiger partial charge < -0.3 is 24.8 Å². The van der Waals surface area contributed by atoms with E-state index >= 15 is 0 Å². The van der Waals surface area contributed by atoms with Crippen molar-refractivity contribution in [2.24, 2.45) is 5.92 Å². The van der Waals surface area contributed by atoms with Gasteiger partial charge in [0.15, 0.2) is 6.29 Å². The van der Waals surface area contributed by atoms with E-state index in [-0.39, 0.29) is 30.6 Å². The van der Waals surface area contributed by atoms with Crippen molar-refractivity contribution in [2.75, 3.05) is 37.6 Å². The summed E-state index contributed by atoms with van der Waals surface area (Å²) in [7, 11) is 0. The molecule has 1 aromatic heterocycles. The topological polar surface area (TPSA) is 100 Å². The van der Waals surface area contributed by atoms with Gasteiger partial charge in [-0.1, -0.05) is 79.7 Å². The van der Waals surface area contributed by atoms with Crippen LogP contribution in [0.1, 0.15) is 48.5 Å². The Morgan fingerprint density at radius 2 is 1.58 bits per heavy atom. The Bertz CT molecular complexity index is 1540. The van der Waals surface area contributed by atoms with Crippen molar-refractivity contribution < 1.29 is 19.4 Å². The van der Waals surface area contributed by atoms with Gasteiger partial charge in [-0.05, 0) is 33.9 Å². The molecule has 6 rings (SSSR count). The lowest BCUT2D eigenvalue weighted by atomic mass is 9.89. The predicted octanol–water partition coefficient (Wildman–Crippen LogP) is 4.89. The lowest BCUT2D eigenvalue weighted by Crippen LogP contribution is -2.51. The lowest BCUT2D eigenvalue weighted by Gasteiger charge is -2.44. The average Bonchev–Trinajstić information content (AvgIpc) is 3.09. The number of nitrogens with zero attached hydrogens (tertiary/aromatic N) is 4. The van der Waals surface area contributed by atoms with E-state index in [0.717, 1.165) is 72.1 Å². The molecule has 4 aromatic rings. The molecule has 0 spiro atoms. The fraction of sp³-hybridized carbons (Fsp3) is 0.361. The number of aliphatic hydroxyl groups is 1. The van der Waals surface area contributed by atoms with Crippen LogP contribution >= 0.6 is 0 Å². The monoisotopic (exact) mass is 607 g/mol. The molecule has 2 aliphatic rings. The third-order valence-corrected chi connectivity index (χ3v) is 8.81. The minimum atomic E-state index is -0.531. The number of benzene rings is 3. The number of anilines is 1. The lowest BCUT2D eigenvalue weighted by molar-refractivity contribution is -0.276. The van der Waals surface area contributed by atoms with Crippen molar-refractivity contribution in [3.63, 3.8) is 0 Å². The molecule has 2 N–H and O–H groups in total.